The van der Waals surface area contributed by atoms with Gasteiger partial charge >= 0.3 is 220 Å². The van der Waals surface area contributed by atoms with Gasteiger partial charge in [0.15, 0.2) is 0 Å². The van der Waals surface area contributed by atoms with Crippen LogP contribution in [-0.4, -0.2) is 14.1 Å². The van der Waals surface area contributed by atoms with E-state index >= 15 is 0 Å². The first-order valence-corrected chi connectivity index (χ1v) is 15.0. The zero-order valence-electron chi connectivity index (χ0n) is 22.5. The van der Waals surface area contributed by atoms with Crippen molar-refractivity contribution in [1.82, 2.24) is 0 Å². The molecule has 3 nitrogen and oxygen atoms in total. The first-order chi connectivity index (χ1) is 16.1. The van der Waals surface area contributed by atoms with Gasteiger partial charge in [0.25, 0.3) is 0 Å². The second kappa shape index (κ2) is 9.58. The number of hydrogen-bond acceptors (Lipinski definition) is 3. The summed E-state index contributed by atoms with van der Waals surface area (Å²) in [4.78, 5) is 0. The third-order valence-electron chi connectivity index (χ3n) is 6.34. The fourth-order valence-corrected chi connectivity index (χ4v) is 6.81. The number of aromatic hydroxyl groups is 2. The number of para-hydroxylation sites is 2. The maximum absolute atomic E-state index is 11.4. The summed E-state index contributed by atoms with van der Waals surface area (Å²) in [7, 11) is 0. The van der Waals surface area contributed by atoms with Crippen LogP contribution in [0.25, 0.3) is 22.3 Å². The first-order valence-electron chi connectivity index (χ1n) is 12.1. The molecule has 3 rings (SSSR count). The van der Waals surface area contributed by atoms with Crippen molar-refractivity contribution in [2.24, 2.45) is 5.41 Å². The number of hydrogen-bond donors (Lipinski definition) is 3. The normalized spacial score (nSPS) is 12.5. The van der Waals surface area contributed by atoms with Gasteiger partial charge in [0.1, 0.15) is 0 Å². The summed E-state index contributed by atoms with van der Waals surface area (Å²) in [6, 6.07) is 18.0. The van der Waals surface area contributed by atoms with Crippen molar-refractivity contribution in [3.8, 4) is 33.8 Å². The van der Waals surface area contributed by atoms with Gasteiger partial charge in [0.05, 0.1) is 0 Å². The molecule has 3 N–H and O–H groups in total. The van der Waals surface area contributed by atoms with Gasteiger partial charge in [0.2, 0.25) is 0 Å². The van der Waals surface area contributed by atoms with E-state index in [1.807, 2.05) is 54.6 Å². The summed E-state index contributed by atoms with van der Waals surface area (Å²) in [5, 5.41) is 22.9. The van der Waals surface area contributed by atoms with Gasteiger partial charge in [-0.25, -0.2) is 0 Å². The van der Waals surface area contributed by atoms with E-state index in [0.29, 0.717) is 0 Å². The van der Waals surface area contributed by atoms with E-state index in [0.717, 1.165) is 42.8 Å². The molecule has 0 heterocycles. The van der Waals surface area contributed by atoms with E-state index in [1.165, 1.54) is 0 Å². The summed E-state index contributed by atoms with van der Waals surface area (Å²) in [5.74, 6) is 0.573. The Balaban J connectivity index is 2.49. The van der Waals surface area contributed by atoms with Crippen LogP contribution in [0.4, 0.5) is 0 Å². The molecule has 0 saturated carbocycles. The average molecular weight is 641 g/mol. The van der Waals surface area contributed by atoms with E-state index in [2.05, 4.69) is 62.3 Å². The van der Waals surface area contributed by atoms with E-state index in [-0.39, 0.29) is 27.7 Å². The summed E-state index contributed by atoms with van der Waals surface area (Å²) in [6.45, 7) is 19.1. The van der Waals surface area contributed by atoms with Crippen LogP contribution < -0.4 is 0 Å². The molecule has 0 aliphatic carbocycles. The summed E-state index contributed by atoms with van der Waals surface area (Å²) >= 11 is -1.61. The number of phenolic OH excluding ortho intramolecular Hbond substituents is 2. The predicted molar refractivity (Wildman–Crippen MR) is 144 cm³/mol. The van der Waals surface area contributed by atoms with E-state index in [1.54, 1.807) is 0 Å². The number of benzene rings is 3. The van der Waals surface area contributed by atoms with E-state index < -0.39 is 17.9 Å². The van der Waals surface area contributed by atoms with Crippen LogP contribution in [0.1, 0.15) is 79.0 Å². The van der Waals surface area contributed by atoms with Gasteiger partial charge < -0.3 is 0 Å². The van der Waals surface area contributed by atoms with Crippen molar-refractivity contribution < 1.29 is 28.1 Å². The second-order valence-corrected chi connectivity index (χ2v) is 14.5. The molecule has 0 spiro atoms. The molecular formula is C31H39NO2W. The molecule has 0 saturated heterocycles. The van der Waals surface area contributed by atoms with Crippen molar-refractivity contribution in [3.63, 3.8) is 0 Å². The minimum absolute atomic E-state index is 0.203. The fourth-order valence-electron chi connectivity index (χ4n) is 4.56. The molecule has 0 unspecified atom stereocenters. The van der Waals surface area contributed by atoms with Gasteiger partial charge in [-0.3, -0.25) is 0 Å². The first kappa shape index (κ1) is 27.2. The molecule has 186 valence electrons. The topological polar surface area (TPSA) is 64.3 Å². The molecular weight excluding hydrogens is 602 g/mol. The Hall–Kier alpha value is -2.38. The van der Waals surface area contributed by atoms with Crippen LogP contribution in [0.3, 0.4) is 0 Å². The zero-order valence-corrected chi connectivity index (χ0v) is 25.4. The Morgan fingerprint density at radius 3 is 1.26 bits per heavy atom. The van der Waals surface area contributed by atoms with E-state index in [9.17, 15) is 10.2 Å². The molecule has 0 radical (unpaired) electrons. The van der Waals surface area contributed by atoms with Crippen molar-refractivity contribution >= 4 is 3.90 Å². The van der Waals surface area contributed by atoms with Crippen molar-refractivity contribution in [2.75, 3.05) is 0 Å². The fraction of sp³-hybridized carbons (Fsp3) is 0.387. The quantitative estimate of drug-likeness (QED) is 0.269. The molecule has 0 bridgehead atoms. The Kier molecular flexibility index (Phi) is 7.45. The Morgan fingerprint density at radius 1 is 0.600 bits per heavy atom. The van der Waals surface area contributed by atoms with Gasteiger partial charge in [-0.2, -0.15) is 0 Å². The molecule has 0 atom stereocenters. The van der Waals surface area contributed by atoms with Gasteiger partial charge in [-0.05, 0) is 0 Å². The van der Waals surface area contributed by atoms with Crippen LogP contribution >= 0.6 is 0 Å². The van der Waals surface area contributed by atoms with Crippen LogP contribution in [0.5, 0.6) is 11.5 Å². The Morgan fingerprint density at radius 2 is 0.943 bits per heavy atom. The molecule has 0 aliphatic heterocycles. The monoisotopic (exact) mass is 641 g/mol. The third-order valence-corrected chi connectivity index (χ3v) is 10.0. The van der Waals surface area contributed by atoms with Gasteiger partial charge in [0, 0.05) is 0 Å². The number of rotatable bonds is 3. The summed E-state index contributed by atoms with van der Waals surface area (Å²) in [6.07, 6.45) is 0. The van der Waals surface area contributed by atoms with E-state index in [4.69, 9.17) is 3.91 Å². The van der Waals surface area contributed by atoms with Crippen LogP contribution in [0.15, 0.2) is 54.6 Å². The van der Waals surface area contributed by atoms with Gasteiger partial charge in [-0.1, -0.05) is 0 Å². The molecule has 3 aromatic carbocycles. The maximum atomic E-state index is 11.4. The van der Waals surface area contributed by atoms with Crippen molar-refractivity contribution in [1.29, 1.82) is 3.91 Å². The Bertz CT molecular complexity index is 1230. The number of phenols is 2. The average Bonchev–Trinajstić information content (AvgIpc) is 2.72. The summed E-state index contributed by atoms with van der Waals surface area (Å²) < 4.78 is 9.80. The molecule has 0 amide bonds. The molecule has 0 aromatic heterocycles. The second-order valence-electron chi connectivity index (χ2n) is 12.3. The van der Waals surface area contributed by atoms with Crippen LogP contribution in [0.2, 0.25) is 0 Å². The SMILES string of the molecule is CC(C)(C)[C](=[W]=[NH])c1c(-c2cccc(C(C)(C)C)c2O)cccc1-c1cccc(C(C)(C)C)c1O. The molecule has 0 aliphatic rings. The Labute approximate surface area is 218 Å². The summed E-state index contributed by atoms with van der Waals surface area (Å²) in [5.41, 5.74) is 5.55. The molecule has 35 heavy (non-hydrogen) atoms. The zero-order chi connectivity index (χ0) is 26.3. The van der Waals surface area contributed by atoms with Gasteiger partial charge in [-0.15, -0.1) is 0 Å². The molecule has 0 fully saturated rings. The van der Waals surface area contributed by atoms with Crippen LogP contribution in [-0.2, 0) is 28.7 Å². The van der Waals surface area contributed by atoms with Crippen molar-refractivity contribution in [3.05, 3.63) is 71.3 Å². The molecule has 4 heteroatoms. The third kappa shape index (κ3) is 5.41. The molecule has 3 aromatic rings. The van der Waals surface area contributed by atoms with Crippen LogP contribution in [0, 0.1) is 9.33 Å². The number of nitrogens with one attached hydrogen (secondary N) is 1. The predicted octanol–water partition coefficient (Wildman–Crippen LogP) is 8.44. The minimum atomic E-state index is -1.61. The standard InChI is InChI=1S/C31H38O2.HN.W/c1-29(2,3)19-24-20(22-15-11-17-25(27(22)32)30(4,5)6)13-10-14-21(24)23-16-12-18-26(28(23)33)31(7,8)9;;/h10-18,32-33H,1-9H3;1H;. The van der Waals surface area contributed by atoms with Crippen molar-refractivity contribution in [2.45, 2.75) is 73.1 Å².